The molecule has 0 nitrogen and oxygen atoms in total. The Hall–Kier alpha value is 0.350. The molecule has 13 heavy (non-hydrogen) atoms. The predicted octanol–water partition coefficient (Wildman–Crippen LogP) is 4.40. The molecule has 0 bridgehead atoms. The molecule has 0 spiro atoms. The Morgan fingerprint density at radius 2 is 1.38 bits per heavy atom. The molecule has 0 saturated carbocycles. The third kappa shape index (κ3) is 2.43. The lowest BCUT2D eigenvalue weighted by Crippen LogP contribution is -2.40. The molecular weight excluding hydrogens is 176 g/mol. The van der Waals surface area contributed by atoms with Crippen molar-refractivity contribution in [2.24, 2.45) is 17.3 Å². The van der Waals surface area contributed by atoms with Crippen molar-refractivity contribution in [1.29, 1.82) is 0 Å². The van der Waals surface area contributed by atoms with Crippen LogP contribution in [-0.2, 0) is 0 Å². The molecule has 1 atom stereocenters. The van der Waals surface area contributed by atoms with Crippen molar-refractivity contribution in [2.75, 3.05) is 0 Å². The van der Waals surface area contributed by atoms with Crippen molar-refractivity contribution in [2.45, 2.75) is 59.6 Å². The van der Waals surface area contributed by atoms with Gasteiger partial charge in [0.1, 0.15) is 0 Å². The van der Waals surface area contributed by atoms with Crippen LogP contribution in [0.25, 0.3) is 0 Å². The van der Waals surface area contributed by atoms with Crippen LogP contribution in [0.1, 0.15) is 54.4 Å². The van der Waals surface area contributed by atoms with Crippen molar-refractivity contribution < 1.29 is 0 Å². The maximum absolute atomic E-state index is 4.77. The summed E-state index contributed by atoms with van der Waals surface area (Å²) in [6, 6.07) is 0. The van der Waals surface area contributed by atoms with E-state index in [-0.39, 0.29) is 0 Å². The second-order valence-corrected chi connectivity index (χ2v) is 5.32. The minimum absolute atomic E-state index is 0.415. The molecule has 1 unspecified atom stereocenters. The monoisotopic (exact) mass is 202 g/mol. The van der Waals surface area contributed by atoms with Crippen LogP contribution in [0.4, 0.5) is 0 Å². The number of hydrogen-bond acceptors (Lipinski definition) is 1. The molecule has 0 aliphatic carbocycles. The first kappa shape index (κ1) is 13.4. The van der Waals surface area contributed by atoms with E-state index in [0.717, 1.165) is 11.8 Å². The SMILES string of the molecule is CCC(S)C(CC)(C(C)C)C(C)C. The second-order valence-electron chi connectivity index (χ2n) is 4.70. The molecule has 0 amide bonds. The molecule has 0 radical (unpaired) electrons. The van der Waals surface area contributed by atoms with Crippen LogP contribution in [0.15, 0.2) is 0 Å². The van der Waals surface area contributed by atoms with Crippen molar-refractivity contribution >= 4 is 12.6 Å². The first-order chi connectivity index (χ1) is 5.93. The van der Waals surface area contributed by atoms with Gasteiger partial charge in [-0.25, -0.2) is 0 Å². The fraction of sp³-hybridized carbons (Fsp3) is 1.00. The molecule has 0 aromatic heterocycles. The lowest BCUT2D eigenvalue weighted by atomic mass is 9.64. The fourth-order valence-electron chi connectivity index (χ4n) is 2.87. The Morgan fingerprint density at radius 3 is 1.46 bits per heavy atom. The first-order valence-electron chi connectivity index (χ1n) is 5.61. The third-order valence-electron chi connectivity index (χ3n) is 3.77. The molecule has 0 aliphatic heterocycles. The Morgan fingerprint density at radius 1 is 1.00 bits per heavy atom. The minimum Gasteiger partial charge on any atom is -0.175 e. The van der Waals surface area contributed by atoms with Gasteiger partial charge in [0.05, 0.1) is 0 Å². The van der Waals surface area contributed by atoms with E-state index in [4.69, 9.17) is 12.6 Å². The van der Waals surface area contributed by atoms with Crippen LogP contribution in [0.5, 0.6) is 0 Å². The highest BCUT2D eigenvalue weighted by Gasteiger charge is 2.39. The summed E-state index contributed by atoms with van der Waals surface area (Å²) in [5.41, 5.74) is 0.415. The summed E-state index contributed by atoms with van der Waals surface area (Å²) in [6.45, 7) is 13.9. The van der Waals surface area contributed by atoms with Gasteiger partial charge in [0, 0.05) is 5.25 Å². The summed E-state index contributed by atoms with van der Waals surface area (Å²) in [7, 11) is 0. The average molecular weight is 202 g/mol. The van der Waals surface area contributed by atoms with Gasteiger partial charge >= 0.3 is 0 Å². The van der Waals surface area contributed by atoms with Gasteiger partial charge < -0.3 is 0 Å². The maximum Gasteiger partial charge on any atom is 0.00754 e. The highest BCUT2D eigenvalue weighted by atomic mass is 32.1. The highest BCUT2D eigenvalue weighted by Crippen LogP contribution is 2.45. The third-order valence-corrected chi connectivity index (χ3v) is 4.62. The van der Waals surface area contributed by atoms with E-state index in [0.29, 0.717) is 10.7 Å². The Bertz CT molecular complexity index is 130. The van der Waals surface area contributed by atoms with Crippen LogP contribution >= 0.6 is 12.6 Å². The van der Waals surface area contributed by atoms with Crippen molar-refractivity contribution in [3.63, 3.8) is 0 Å². The van der Waals surface area contributed by atoms with Crippen LogP contribution in [0, 0.1) is 17.3 Å². The van der Waals surface area contributed by atoms with Gasteiger partial charge in [0.25, 0.3) is 0 Å². The molecule has 0 N–H and O–H groups in total. The molecule has 0 aromatic rings. The van der Waals surface area contributed by atoms with Crippen molar-refractivity contribution in [1.82, 2.24) is 0 Å². The van der Waals surface area contributed by atoms with E-state index in [1.807, 2.05) is 0 Å². The molecule has 80 valence electrons. The van der Waals surface area contributed by atoms with Crippen LogP contribution in [0.3, 0.4) is 0 Å². The van der Waals surface area contributed by atoms with E-state index >= 15 is 0 Å². The molecule has 0 fully saturated rings. The molecule has 1 heteroatoms. The van der Waals surface area contributed by atoms with Crippen LogP contribution < -0.4 is 0 Å². The average Bonchev–Trinajstić information content (AvgIpc) is 2.04. The summed E-state index contributed by atoms with van der Waals surface area (Å²) in [5.74, 6) is 1.44. The second kappa shape index (κ2) is 5.29. The van der Waals surface area contributed by atoms with Gasteiger partial charge in [-0.2, -0.15) is 12.6 Å². The topological polar surface area (TPSA) is 0 Å². The number of hydrogen-bond donors (Lipinski definition) is 1. The molecule has 0 saturated heterocycles. The molecule has 0 heterocycles. The Balaban J connectivity index is 4.86. The first-order valence-corrected chi connectivity index (χ1v) is 6.13. The van der Waals surface area contributed by atoms with E-state index < -0.39 is 0 Å². The van der Waals surface area contributed by atoms with Crippen molar-refractivity contribution in [3.8, 4) is 0 Å². The molecule has 0 aliphatic rings. The maximum atomic E-state index is 4.77. The lowest BCUT2D eigenvalue weighted by Gasteiger charge is -2.45. The van der Waals surface area contributed by atoms with Gasteiger partial charge in [0.15, 0.2) is 0 Å². The van der Waals surface area contributed by atoms with E-state index in [2.05, 4.69) is 41.5 Å². The lowest BCUT2D eigenvalue weighted by molar-refractivity contribution is 0.0998. The van der Waals surface area contributed by atoms with E-state index in [9.17, 15) is 0 Å². The zero-order chi connectivity index (χ0) is 10.6. The Kier molecular flexibility index (Phi) is 5.43. The highest BCUT2D eigenvalue weighted by molar-refractivity contribution is 7.81. The van der Waals surface area contributed by atoms with Crippen LogP contribution in [-0.4, -0.2) is 5.25 Å². The van der Waals surface area contributed by atoms with E-state index in [1.165, 1.54) is 12.8 Å². The summed E-state index contributed by atoms with van der Waals surface area (Å²) in [5, 5.41) is 0.539. The van der Waals surface area contributed by atoms with E-state index in [1.54, 1.807) is 0 Å². The van der Waals surface area contributed by atoms with Crippen molar-refractivity contribution in [3.05, 3.63) is 0 Å². The summed E-state index contributed by atoms with van der Waals surface area (Å²) < 4.78 is 0. The molecule has 0 aromatic carbocycles. The zero-order valence-corrected chi connectivity index (χ0v) is 11.0. The summed E-state index contributed by atoms with van der Waals surface area (Å²) in [4.78, 5) is 0. The van der Waals surface area contributed by atoms with Gasteiger partial charge in [-0.3, -0.25) is 0 Å². The number of thiol groups is 1. The van der Waals surface area contributed by atoms with Crippen LogP contribution in [0.2, 0.25) is 0 Å². The van der Waals surface area contributed by atoms with Gasteiger partial charge in [-0.05, 0) is 30.1 Å². The largest absolute Gasteiger partial charge is 0.175 e. The summed E-state index contributed by atoms with van der Waals surface area (Å²) in [6.07, 6.45) is 2.41. The predicted molar refractivity (Wildman–Crippen MR) is 65.5 cm³/mol. The van der Waals surface area contributed by atoms with Gasteiger partial charge in [-0.15, -0.1) is 0 Å². The zero-order valence-electron chi connectivity index (χ0n) is 10.1. The smallest absolute Gasteiger partial charge is 0.00754 e. The normalized spacial score (nSPS) is 15.5. The standard InChI is InChI=1S/C12H26S/c1-7-11(13)12(8-2,9(3)4)10(5)6/h9-11,13H,7-8H2,1-6H3. The Labute approximate surface area is 89.9 Å². The molecular formula is C12H26S. The fourth-order valence-corrected chi connectivity index (χ4v) is 3.65. The number of rotatable bonds is 5. The quantitative estimate of drug-likeness (QED) is 0.628. The molecule has 0 rings (SSSR count). The van der Waals surface area contributed by atoms with Gasteiger partial charge in [-0.1, -0.05) is 41.5 Å². The minimum atomic E-state index is 0.415. The summed E-state index contributed by atoms with van der Waals surface area (Å²) >= 11 is 4.77. The van der Waals surface area contributed by atoms with Gasteiger partial charge in [0.2, 0.25) is 0 Å².